The Hall–Kier alpha value is -2.47. The minimum atomic E-state index is 0.684. The summed E-state index contributed by atoms with van der Waals surface area (Å²) in [7, 11) is 2.01. The van der Waals surface area contributed by atoms with Crippen molar-refractivity contribution in [2.75, 3.05) is 17.7 Å². The van der Waals surface area contributed by atoms with Crippen LogP contribution in [-0.2, 0) is 6.54 Å². The summed E-state index contributed by atoms with van der Waals surface area (Å²) < 4.78 is 0. The van der Waals surface area contributed by atoms with Gasteiger partial charge in [0.25, 0.3) is 0 Å². The second-order valence-corrected chi connectivity index (χ2v) is 4.68. The zero-order chi connectivity index (χ0) is 13.8. The Morgan fingerprint density at radius 2 is 1.95 bits per heavy atom. The summed E-state index contributed by atoms with van der Waals surface area (Å²) in [6.07, 6.45) is 0. The number of para-hydroxylation sites is 1. The van der Waals surface area contributed by atoms with Gasteiger partial charge in [-0.05, 0) is 36.2 Å². The van der Waals surface area contributed by atoms with Crippen molar-refractivity contribution >= 4 is 11.4 Å². The average molecular weight is 251 g/mol. The van der Waals surface area contributed by atoms with Gasteiger partial charge in [-0.15, -0.1) is 0 Å². The number of rotatable bonds is 3. The van der Waals surface area contributed by atoms with Crippen LogP contribution >= 0.6 is 0 Å². The molecule has 0 saturated carbocycles. The minimum Gasteiger partial charge on any atom is -0.397 e. The van der Waals surface area contributed by atoms with Crippen molar-refractivity contribution in [1.82, 2.24) is 0 Å². The summed E-state index contributed by atoms with van der Waals surface area (Å²) in [6.45, 7) is 2.78. The van der Waals surface area contributed by atoms with Gasteiger partial charge < -0.3 is 10.6 Å². The van der Waals surface area contributed by atoms with E-state index in [0.29, 0.717) is 5.56 Å². The molecule has 0 unspecified atom stereocenters. The third kappa shape index (κ3) is 2.86. The number of hydrogen-bond acceptors (Lipinski definition) is 3. The van der Waals surface area contributed by atoms with Gasteiger partial charge in [0.2, 0.25) is 0 Å². The van der Waals surface area contributed by atoms with E-state index in [-0.39, 0.29) is 0 Å². The first-order valence-electron chi connectivity index (χ1n) is 6.17. The fourth-order valence-electron chi connectivity index (χ4n) is 2.30. The maximum absolute atomic E-state index is 8.92. The van der Waals surface area contributed by atoms with Crippen LogP contribution in [0.1, 0.15) is 16.7 Å². The maximum atomic E-state index is 8.92. The van der Waals surface area contributed by atoms with Crippen LogP contribution in [0.15, 0.2) is 42.5 Å². The quantitative estimate of drug-likeness (QED) is 0.853. The van der Waals surface area contributed by atoms with Crippen LogP contribution in [0.5, 0.6) is 0 Å². The average Bonchev–Trinajstić information content (AvgIpc) is 2.38. The van der Waals surface area contributed by atoms with Gasteiger partial charge in [-0.1, -0.05) is 24.3 Å². The van der Waals surface area contributed by atoms with E-state index in [1.807, 2.05) is 56.4 Å². The Morgan fingerprint density at radius 3 is 2.63 bits per heavy atom. The number of hydrogen-bond donors (Lipinski definition) is 1. The maximum Gasteiger partial charge on any atom is 0.0991 e. The fourth-order valence-corrected chi connectivity index (χ4v) is 2.30. The molecule has 2 aromatic rings. The smallest absolute Gasteiger partial charge is 0.0991 e. The van der Waals surface area contributed by atoms with E-state index in [1.165, 1.54) is 0 Å². The Kier molecular flexibility index (Phi) is 3.72. The van der Waals surface area contributed by atoms with Crippen LogP contribution in [0.4, 0.5) is 11.4 Å². The molecule has 0 aromatic heterocycles. The fraction of sp³-hybridized carbons (Fsp3) is 0.188. The molecule has 0 heterocycles. The summed E-state index contributed by atoms with van der Waals surface area (Å²) in [4.78, 5) is 2.11. The molecule has 0 aliphatic heterocycles. The number of nitriles is 1. The predicted molar refractivity (Wildman–Crippen MR) is 78.9 cm³/mol. The van der Waals surface area contributed by atoms with Crippen molar-refractivity contribution in [1.29, 1.82) is 5.26 Å². The third-order valence-corrected chi connectivity index (χ3v) is 3.13. The van der Waals surface area contributed by atoms with Crippen LogP contribution in [0.2, 0.25) is 0 Å². The van der Waals surface area contributed by atoms with E-state index in [4.69, 9.17) is 11.0 Å². The number of benzene rings is 2. The summed E-state index contributed by atoms with van der Waals surface area (Å²) in [5.41, 5.74) is 10.8. The second kappa shape index (κ2) is 5.45. The van der Waals surface area contributed by atoms with Crippen molar-refractivity contribution in [3.8, 4) is 6.07 Å². The molecule has 2 aromatic carbocycles. The van der Waals surface area contributed by atoms with E-state index < -0.39 is 0 Å². The third-order valence-electron chi connectivity index (χ3n) is 3.13. The molecule has 0 atom stereocenters. The van der Waals surface area contributed by atoms with Crippen molar-refractivity contribution in [2.45, 2.75) is 13.5 Å². The lowest BCUT2D eigenvalue weighted by atomic mass is 10.1. The molecule has 19 heavy (non-hydrogen) atoms. The highest BCUT2D eigenvalue weighted by atomic mass is 15.1. The Bertz CT molecular complexity index is 606. The number of aryl methyl sites for hydroxylation is 1. The van der Waals surface area contributed by atoms with E-state index in [2.05, 4.69) is 11.0 Å². The number of nitrogens with two attached hydrogens (primary N) is 1. The first-order valence-corrected chi connectivity index (χ1v) is 6.17. The van der Waals surface area contributed by atoms with Gasteiger partial charge in [-0.25, -0.2) is 0 Å². The van der Waals surface area contributed by atoms with E-state index in [1.54, 1.807) is 0 Å². The van der Waals surface area contributed by atoms with Gasteiger partial charge in [0.15, 0.2) is 0 Å². The van der Waals surface area contributed by atoms with Gasteiger partial charge in [-0.3, -0.25) is 0 Å². The van der Waals surface area contributed by atoms with Gasteiger partial charge >= 0.3 is 0 Å². The molecule has 0 radical (unpaired) electrons. The first-order chi connectivity index (χ1) is 9.11. The van der Waals surface area contributed by atoms with Gasteiger partial charge in [-0.2, -0.15) is 5.26 Å². The normalized spacial score (nSPS) is 9.95. The molecule has 3 heteroatoms. The standard InChI is InChI=1S/C16H17N3/c1-12-5-3-8-15(18)16(12)19(2)11-14-7-4-6-13(9-14)10-17/h3-9H,11,18H2,1-2H3. The summed E-state index contributed by atoms with van der Waals surface area (Å²) in [5, 5.41) is 8.92. The van der Waals surface area contributed by atoms with Gasteiger partial charge in [0.1, 0.15) is 0 Å². The van der Waals surface area contributed by atoms with E-state index in [0.717, 1.165) is 29.0 Å². The Morgan fingerprint density at radius 1 is 1.21 bits per heavy atom. The highest BCUT2D eigenvalue weighted by molar-refractivity contribution is 5.71. The topological polar surface area (TPSA) is 53.0 Å². The molecule has 0 spiro atoms. The van der Waals surface area contributed by atoms with E-state index >= 15 is 0 Å². The van der Waals surface area contributed by atoms with Gasteiger partial charge in [0.05, 0.1) is 23.0 Å². The molecule has 2 rings (SSSR count). The predicted octanol–water partition coefficient (Wildman–Crippen LogP) is 3.09. The molecule has 0 aliphatic rings. The molecule has 0 amide bonds. The summed E-state index contributed by atoms with van der Waals surface area (Å²) in [6, 6.07) is 15.7. The molecule has 0 fully saturated rings. The Balaban J connectivity index is 2.26. The molecule has 3 nitrogen and oxygen atoms in total. The van der Waals surface area contributed by atoms with Crippen LogP contribution in [-0.4, -0.2) is 7.05 Å². The van der Waals surface area contributed by atoms with Crippen molar-refractivity contribution in [2.24, 2.45) is 0 Å². The monoisotopic (exact) mass is 251 g/mol. The van der Waals surface area contributed by atoms with Crippen molar-refractivity contribution in [3.05, 3.63) is 59.2 Å². The lowest BCUT2D eigenvalue weighted by Gasteiger charge is -2.23. The van der Waals surface area contributed by atoms with Crippen LogP contribution < -0.4 is 10.6 Å². The molecule has 2 N–H and O–H groups in total. The molecule has 0 bridgehead atoms. The van der Waals surface area contributed by atoms with Crippen LogP contribution in [0.25, 0.3) is 0 Å². The number of anilines is 2. The highest BCUT2D eigenvalue weighted by Gasteiger charge is 2.09. The summed E-state index contributed by atoms with van der Waals surface area (Å²) >= 11 is 0. The minimum absolute atomic E-state index is 0.684. The summed E-state index contributed by atoms with van der Waals surface area (Å²) in [5.74, 6) is 0. The van der Waals surface area contributed by atoms with Crippen molar-refractivity contribution in [3.63, 3.8) is 0 Å². The van der Waals surface area contributed by atoms with Crippen molar-refractivity contribution < 1.29 is 0 Å². The molecule has 96 valence electrons. The zero-order valence-corrected chi connectivity index (χ0v) is 11.2. The highest BCUT2D eigenvalue weighted by Crippen LogP contribution is 2.27. The second-order valence-electron chi connectivity index (χ2n) is 4.68. The molecular formula is C16H17N3. The molecule has 0 saturated heterocycles. The SMILES string of the molecule is Cc1cccc(N)c1N(C)Cc1cccc(C#N)c1. The zero-order valence-electron chi connectivity index (χ0n) is 11.2. The molecular weight excluding hydrogens is 234 g/mol. The lowest BCUT2D eigenvalue weighted by Crippen LogP contribution is -2.19. The number of nitrogens with zero attached hydrogens (tertiary/aromatic N) is 2. The Labute approximate surface area is 113 Å². The first kappa shape index (κ1) is 13.0. The van der Waals surface area contributed by atoms with Crippen LogP contribution in [0, 0.1) is 18.3 Å². The lowest BCUT2D eigenvalue weighted by molar-refractivity contribution is 0.918. The largest absolute Gasteiger partial charge is 0.397 e. The molecule has 0 aliphatic carbocycles. The van der Waals surface area contributed by atoms with Gasteiger partial charge in [0, 0.05) is 13.6 Å². The van der Waals surface area contributed by atoms with E-state index in [9.17, 15) is 0 Å². The number of nitrogen functional groups attached to an aromatic ring is 1. The van der Waals surface area contributed by atoms with Crippen LogP contribution in [0.3, 0.4) is 0 Å².